The highest BCUT2D eigenvalue weighted by Gasteiger charge is 2.35. The van der Waals surface area contributed by atoms with Gasteiger partial charge in [-0.15, -0.1) is 0 Å². The number of hydrogen-bond acceptors (Lipinski definition) is 4. The topological polar surface area (TPSA) is 39.7 Å². The summed E-state index contributed by atoms with van der Waals surface area (Å²) in [4.78, 5) is 0. The third-order valence-corrected chi connectivity index (χ3v) is 3.41. The molecule has 0 saturated heterocycles. The monoisotopic (exact) mass is 265 g/mol. The maximum absolute atomic E-state index is 6.08. The minimum atomic E-state index is -0.197. The first-order valence-corrected chi connectivity index (χ1v) is 6.69. The lowest BCUT2D eigenvalue weighted by atomic mass is 9.89. The minimum Gasteiger partial charge on any atom is -0.496 e. The van der Waals surface area contributed by atoms with Gasteiger partial charge in [0.15, 0.2) is 0 Å². The van der Waals surface area contributed by atoms with Crippen molar-refractivity contribution in [2.75, 3.05) is 20.8 Å². The molecule has 4 nitrogen and oxygen atoms in total. The molecule has 0 spiro atoms. The Bertz CT molecular complexity index is 457. The third kappa shape index (κ3) is 2.78. The molecule has 1 N–H and O–H groups in total. The van der Waals surface area contributed by atoms with Crippen LogP contribution < -0.4 is 19.5 Å². The molecular formula is C15H23NO3. The Labute approximate surface area is 115 Å². The molecule has 0 bridgehead atoms. The van der Waals surface area contributed by atoms with E-state index in [1.54, 1.807) is 14.2 Å². The Kier molecular flexibility index (Phi) is 3.90. The zero-order valence-corrected chi connectivity index (χ0v) is 12.4. The van der Waals surface area contributed by atoms with Crippen LogP contribution in [0.15, 0.2) is 12.1 Å². The Morgan fingerprint density at radius 2 is 2.05 bits per heavy atom. The third-order valence-electron chi connectivity index (χ3n) is 3.41. The summed E-state index contributed by atoms with van der Waals surface area (Å²) in [6.07, 6.45) is 0.913. The predicted octanol–water partition coefficient (Wildman–Crippen LogP) is 2.92. The molecule has 0 amide bonds. The van der Waals surface area contributed by atoms with Crippen molar-refractivity contribution in [1.82, 2.24) is 5.32 Å². The van der Waals surface area contributed by atoms with Gasteiger partial charge in [-0.3, -0.25) is 0 Å². The molecule has 4 heteroatoms. The van der Waals surface area contributed by atoms with Gasteiger partial charge in [0.05, 0.1) is 19.8 Å². The molecule has 106 valence electrons. The van der Waals surface area contributed by atoms with Gasteiger partial charge in [0.25, 0.3) is 0 Å². The Balaban J connectivity index is 2.52. The van der Waals surface area contributed by atoms with Crippen molar-refractivity contribution in [1.29, 1.82) is 0 Å². The molecule has 1 atom stereocenters. The summed E-state index contributed by atoms with van der Waals surface area (Å²) in [5.74, 6) is 2.41. The van der Waals surface area contributed by atoms with E-state index in [0.717, 1.165) is 35.8 Å². The van der Waals surface area contributed by atoms with Crippen LogP contribution in [0.5, 0.6) is 17.2 Å². The summed E-state index contributed by atoms with van der Waals surface area (Å²) >= 11 is 0. The van der Waals surface area contributed by atoms with Crippen LogP contribution in [-0.2, 0) is 0 Å². The van der Waals surface area contributed by atoms with Crippen LogP contribution in [0, 0.1) is 0 Å². The molecule has 0 radical (unpaired) electrons. The molecule has 1 aliphatic rings. The van der Waals surface area contributed by atoms with Crippen molar-refractivity contribution in [2.45, 2.75) is 38.8 Å². The Morgan fingerprint density at radius 3 is 2.63 bits per heavy atom. The molecule has 1 aliphatic heterocycles. The van der Waals surface area contributed by atoms with Gasteiger partial charge in [-0.05, 0) is 20.4 Å². The molecule has 0 aromatic heterocycles. The van der Waals surface area contributed by atoms with Gasteiger partial charge >= 0.3 is 0 Å². The first-order valence-electron chi connectivity index (χ1n) is 6.69. The lowest BCUT2D eigenvalue weighted by Gasteiger charge is -2.38. The van der Waals surface area contributed by atoms with Crippen LogP contribution in [0.1, 0.15) is 38.8 Å². The number of rotatable bonds is 4. The smallest absolute Gasteiger partial charge is 0.132 e. The zero-order chi connectivity index (χ0) is 14.0. The summed E-state index contributed by atoms with van der Waals surface area (Å²) < 4.78 is 16.9. The molecule has 1 unspecified atom stereocenters. The lowest BCUT2D eigenvalue weighted by molar-refractivity contribution is 0.0648. The van der Waals surface area contributed by atoms with Crippen LogP contribution in [-0.4, -0.2) is 26.4 Å². The average Bonchev–Trinajstić information content (AvgIpc) is 2.35. The largest absolute Gasteiger partial charge is 0.496 e. The van der Waals surface area contributed by atoms with Crippen molar-refractivity contribution in [2.24, 2.45) is 0 Å². The van der Waals surface area contributed by atoms with Crippen molar-refractivity contribution >= 4 is 0 Å². The maximum atomic E-state index is 6.08. The number of nitrogens with one attached hydrogen (secondary N) is 1. The zero-order valence-electron chi connectivity index (χ0n) is 12.4. The van der Waals surface area contributed by atoms with E-state index < -0.39 is 0 Å². The second kappa shape index (κ2) is 5.29. The number of ether oxygens (including phenoxy) is 3. The van der Waals surface area contributed by atoms with E-state index in [-0.39, 0.29) is 11.6 Å². The van der Waals surface area contributed by atoms with Crippen LogP contribution in [0.4, 0.5) is 0 Å². The van der Waals surface area contributed by atoms with E-state index in [4.69, 9.17) is 14.2 Å². The van der Waals surface area contributed by atoms with E-state index >= 15 is 0 Å². The van der Waals surface area contributed by atoms with Crippen molar-refractivity contribution < 1.29 is 14.2 Å². The fourth-order valence-electron chi connectivity index (χ4n) is 2.65. The van der Waals surface area contributed by atoms with Crippen LogP contribution >= 0.6 is 0 Å². The van der Waals surface area contributed by atoms with Crippen LogP contribution in [0.3, 0.4) is 0 Å². The molecule has 0 aliphatic carbocycles. The first-order chi connectivity index (χ1) is 9.00. The van der Waals surface area contributed by atoms with Crippen molar-refractivity contribution in [3.8, 4) is 17.2 Å². The van der Waals surface area contributed by atoms with Gasteiger partial charge in [0.2, 0.25) is 0 Å². The highest BCUT2D eigenvalue weighted by atomic mass is 16.5. The quantitative estimate of drug-likeness (QED) is 0.908. The maximum Gasteiger partial charge on any atom is 0.132 e. The molecule has 0 fully saturated rings. The molecular weight excluding hydrogens is 242 g/mol. The second-order valence-electron chi connectivity index (χ2n) is 5.42. The van der Waals surface area contributed by atoms with E-state index in [9.17, 15) is 0 Å². The predicted molar refractivity (Wildman–Crippen MR) is 75.3 cm³/mol. The van der Waals surface area contributed by atoms with Crippen molar-refractivity contribution in [3.63, 3.8) is 0 Å². The SMILES string of the molecule is CCNC1CC(C)(C)Oc2cc(OC)cc(OC)c21. The van der Waals surface area contributed by atoms with Gasteiger partial charge in [0.1, 0.15) is 22.8 Å². The molecule has 0 saturated carbocycles. The molecule has 1 aromatic carbocycles. The number of fused-ring (bicyclic) bond motifs is 1. The fraction of sp³-hybridized carbons (Fsp3) is 0.600. The second-order valence-corrected chi connectivity index (χ2v) is 5.42. The van der Waals surface area contributed by atoms with Gasteiger partial charge in [0, 0.05) is 24.6 Å². The minimum absolute atomic E-state index is 0.197. The molecule has 2 rings (SSSR count). The van der Waals surface area contributed by atoms with Gasteiger partial charge < -0.3 is 19.5 Å². The first kappa shape index (κ1) is 14.0. The Morgan fingerprint density at radius 1 is 1.32 bits per heavy atom. The number of benzene rings is 1. The highest BCUT2D eigenvalue weighted by molar-refractivity contribution is 5.53. The highest BCUT2D eigenvalue weighted by Crippen LogP contribution is 2.46. The standard InChI is InChI=1S/C15H23NO3/c1-6-16-11-9-15(2,3)19-13-8-10(17-4)7-12(18-5)14(11)13/h7-8,11,16H,6,9H2,1-5H3. The molecule has 19 heavy (non-hydrogen) atoms. The van der Waals surface area contributed by atoms with E-state index in [1.165, 1.54) is 0 Å². The molecule has 1 aromatic rings. The summed E-state index contributed by atoms with van der Waals surface area (Å²) in [6, 6.07) is 4.08. The number of methoxy groups -OCH3 is 2. The van der Waals surface area contributed by atoms with Crippen LogP contribution in [0.25, 0.3) is 0 Å². The van der Waals surface area contributed by atoms with E-state index in [1.807, 2.05) is 12.1 Å². The van der Waals surface area contributed by atoms with E-state index in [0.29, 0.717) is 0 Å². The van der Waals surface area contributed by atoms with Gasteiger partial charge in [-0.2, -0.15) is 0 Å². The van der Waals surface area contributed by atoms with E-state index in [2.05, 4.69) is 26.1 Å². The summed E-state index contributed by atoms with van der Waals surface area (Å²) in [6.45, 7) is 7.23. The number of hydrogen-bond donors (Lipinski definition) is 1. The fourth-order valence-corrected chi connectivity index (χ4v) is 2.65. The summed E-state index contributed by atoms with van der Waals surface area (Å²) in [5.41, 5.74) is 0.890. The van der Waals surface area contributed by atoms with Crippen LogP contribution in [0.2, 0.25) is 0 Å². The summed E-state index contributed by atoms with van der Waals surface area (Å²) in [5, 5.41) is 3.51. The van der Waals surface area contributed by atoms with Gasteiger partial charge in [-0.25, -0.2) is 0 Å². The van der Waals surface area contributed by atoms with Gasteiger partial charge in [-0.1, -0.05) is 6.92 Å². The molecule has 1 heterocycles. The Hall–Kier alpha value is -1.42. The van der Waals surface area contributed by atoms with Crippen molar-refractivity contribution in [3.05, 3.63) is 17.7 Å². The normalized spacial score (nSPS) is 20.4. The summed E-state index contributed by atoms with van der Waals surface area (Å²) in [7, 11) is 3.33. The lowest BCUT2D eigenvalue weighted by Crippen LogP contribution is -2.39. The average molecular weight is 265 g/mol.